The number of hydrogen-bond donors (Lipinski definition) is 0. The fraction of sp³-hybridized carbons (Fsp3) is 0.367. The summed E-state index contributed by atoms with van der Waals surface area (Å²) in [6.45, 7) is -1.64. The molecule has 238 valence electrons. The highest BCUT2D eigenvalue weighted by Gasteiger charge is 2.44. The van der Waals surface area contributed by atoms with Gasteiger partial charge in [-0.1, -0.05) is 19.9 Å². The lowest BCUT2D eigenvalue weighted by molar-refractivity contribution is -0.143. The number of carbonyl (C=O) groups excluding carboxylic acids is 1. The molecule has 0 radical (unpaired) electrons. The number of ether oxygens (including phenoxy) is 2. The molecule has 0 saturated carbocycles. The molecule has 14 heteroatoms. The van der Waals surface area contributed by atoms with Crippen molar-refractivity contribution >= 4 is 6.09 Å². The molecule has 1 aliphatic heterocycles. The molecule has 0 bridgehead atoms. The van der Waals surface area contributed by atoms with Crippen LogP contribution in [-0.4, -0.2) is 24.1 Å². The smallest absolute Gasteiger partial charge is 0.416 e. The number of amides is 1. The summed E-state index contributed by atoms with van der Waals surface area (Å²) < 4.78 is 196. The van der Waals surface area contributed by atoms with Gasteiger partial charge in [-0.05, 0) is 71.9 Å². The lowest BCUT2D eigenvalue weighted by atomic mass is 9.88. The Hall–Kier alpha value is -3.97. The Labute approximate surface area is 253 Å². The molecule has 1 aliphatic rings. The second kappa shape index (κ2) is 11.5. The zero-order valence-electron chi connectivity index (χ0n) is 28.5. The quantitative estimate of drug-likeness (QED) is 0.251. The van der Waals surface area contributed by atoms with E-state index in [1.54, 1.807) is 0 Å². The first-order valence-corrected chi connectivity index (χ1v) is 12.6. The number of halogens is 10. The third kappa shape index (κ3) is 6.43. The van der Waals surface area contributed by atoms with Crippen molar-refractivity contribution in [1.82, 2.24) is 4.90 Å². The van der Waals surface area contributed by atoms with Crippen molar-refractivity contribution in [2.24, 2.45) is 0 Å². The minimum Gasteiger partial charge on any atom is -0.496 e. The molecule has 0 aromatic heterocycles. The number of carbonyl (C=O) groups is 1. The molecule has 0 N–H and O–H groups in total. The van der Waals surface area contributed by atoms with Gasteiger partial charge in [0.2, 0.25) is 0 Å². The summed E-state index contributed by atoms with van der Waals surface area (Å²) in [7, 11) is -3.16. The molecular weight excluding hydrogens is 612 g/mol. The predicted molar refractivity (Wildman–Crippen MR) is 138 cm³/mol. The Bertz CT molecular complexity index is 1740. The number of nitrogens with zero attached hydrogens (tertiary/aromatic N) is 1. The number of alkyl halides is 9. The predicted octanol–water partition coefficient (Wildman–Crippen LogP) is 9.76. The number of hydrogen-bond acceptors (Lipinski definition) is 3. The second-order valence-corrected chi connectivity index (χ2v) is 10.2. The molecule has 0 unspecified atom stereocenters. The Balaban J connectivity index is 1.97. The van der Waals surface area contributed by atoms with Crippen LogP contribution in [0.3, 0.4) is 0 Å². The summed E-state index contributed by atoms with van der Waals surface area (Å²) in [5.74, 6) is -2.25. The van der Waals surface area contributed by atoms with Gasteiger partial charge >= 0.3 is 24.6 Å². The minimum absolute atomic E-state index is 0.158. The SMILES string of the molecule is [2H]C([2H])([2H])Oc1ccc(F)c(C(C)C)c1-c1ccc(C(F)(F)F)cc1CN1C(=O)O[C@H](c2cc(C(F)(F)F)cc(C(F)(F)F)c2)[C@@H]1C([2H])([2H])[2H]. The molecule has 0 aliphatic carbocycles. The molecule has 3 aromatic carbocycles. The highest BCUT2D eigenvalue weighted by Crippen LogP contribution is 2.45. The lowest BCUT2D eigenvalue weighted by Crippen LogP contribution is -2.32. The van der Waals surface area contributed by atoms with Gasteiger partial charge in [-0.3, -0.25) is 4.90 Å². The maximum absolute atomic E-state index is 15.3. The fourth-order valence-electron chi connectivity index (χ4n) is 4.90. The van der Waals surface area contributed by atoms with Crippen molar-refractivity contribution in [3.8, 4) is 16.9 Å². The summed E-state index contributed by atoms with van der Waals surface area (Å²) in [5.41, 5.74) is -7.64. The molecule has 1 fully saturated rings. The van der Waals surface area contributed by atoms with Crippen molar-refractivity contribution < 1.29 is 66.4 Å². The number of rotatable bonds is 6. The van der Waals surface area contributed by atoms with Crippen LogP contribution in [0.1, 0.15) is 74.3 Å². The molecule has 3 aromatic rings. The topological polar surface area (TPSA) is 38.8 Å². The van der Waals surface area contributed by atoms with Gasteiger partial charge in [-0.25, -0.2) is 9.18 Å². The number of methoxy groups -OCH3 is 1. The van der Waals surface area contributed by atoms with E-state index in [2.05, 4.69) is 0 Å². The zero-order chi connectivity index (χ0) is 37.9. The van der Waals surface area contributed by atoms with Crippen LogP contribution in [0.25, 0.3) is 11.1 Å². The second-order valence-electron chi connectivity index (χ2n) is 10.2. The number of cyclic esters (lactones) is 1. The third-order valence-corrected chi connectivity index (χ3v) is 6.91. The largest absolute Gasteiger partial charge is 0.496 e. The lowest BCUT2D eigenvalue weighted by Gasteiger charge is -2.25. The molecule has 4 rings (SSSR count). The summed E-state index contributed by atoms with van der Waals surface area (Å²) >= 11 is 0. The van der Waals surface area contributed by atoms with E-state index in [-0.39, 0.29) is 34.9 Å². The highest BCUT2D eigenvalue weighted by molar-refractivity contribution is 5.79. The van der Waals surface area contributed by atoms with E-state index in [0.29, 0.717) is 17.0 Å². The Morgan fingerprint density at radius 3 is 2.02 bits per heavy atom. The van der Waals surface area contributed by atoms with Gasteiger partial charge in [0.1, 0.15) is 17.7 Å². The molecule has 2 atom stereocenters. The summed E-state index contributed by atoms with van der Waals surface area (Å²) in [4.78, 5) is 13.5. The van der Waals surface area contributed by atoms with Gasteiger partial charge in [0.05, 0.1) is 40.4 Å². The molecular formula is C30H25F10NO3. The van der Waals surface area contributed by atoms with Crippen LogP contribution < -0.4 is 4.74 Å². The van der Waals surface area contributed by atoms with Crippen molar-refractivity contribution in [2.75, 3.05) is 7.04 Å². The maximum atomic E-state index is 15.3. The van der Waals surface area contributed by atoms with E-state index in [1.165, 1.54) is 13.8 Å². The van der Waals surface area contributed by atoms with E-state index < -0.39 is 103 Å². The third-order valence-electron chi connectivity index (χ3n) is 6.91. The van der Waals surface area contributed by atoms with E-state index in [4.69, 9.17) is 17.7 Å². The molecule has 1 saturated heterocycles. The minimum atomic E-state index is -5.37. The van der Waals surface area contributed by atoms with Crippen LogP contribution in [0.5, 0.6) is 5.75 Å². The van der Waals surface area contributed by atoms with Gasteiger partial charge in [0.15, 0.2) is 0 Å². The first kappa shape index (κ1) is 25.4. The van der Waals surface area contributed by atoms with Crippen LogP contribution in [-0.2, 0) is 29.8 Å². The average Bonchev–Trinajstić information content (AvgIpc) is 3.27. The standard InChI is InChI=1S/C30H25F10NO3/c1-14(2)24-22(31)7-8-23(43-4)25(24)21-6-5-18(28(32,33)34)11-17(21)13-41-15(3)26(44-27(41)42)16-9-19(29(35,36)37)12-20(10-16)30(38,39)40/h5-12,14-15,26H,13H2,1-4H3/t15-,26-/m0/s1/i3D3,4D3. The summed E-state index contributed by atoms with van der Waals surface area (Å²) in [6, 6.07) is 1.25. The van der Waals surface area contributed by atoms with Gasteiger partial charge in [0.25, 0.3) is 0 Å². The summed E-state index contributed by atoms with van der Waals surface area (Å²) in [6.07, 6.45) is -19.7. The Morgan fingerprint density at radius 1 is 0.886 bits per heavy atom. The van der Waals surface area contributed by atoms with Crippen molar-refractivity contribution in [2.45, 2.75) is 63.8 Å². The summed E-state index contributed by atoms with van der Waals surface area (Å²) in [5, 5.41) is 0. The number of benzene rings is 3. The first-order chi connectivity index (χ1) is 22.6. The molecule has 1 heterocycles. The van der Waals surface area contributed by atoms with Crippen LogP contribution in [0.4, 0.5) is 48.7 Å². The van der Waals surface area contributed by atoms with Crippen LogP contribution in [0, 0.1) is 5.82 Å². The van der Waals surface area contributed by atoms with Crippen molar-refractivity contribution in [1.29, 1.82) is 0 Å². The Kier molecular flexibility index (Phi) is 6.64. The van der Waals surface area contributed by atoms with Gasteiger partial charge in [-0.15, -0.1) is 0 Å². The maximum Gasteiger partial charge on any atom is 0.416 e. The zero-order valence-corrected chi connectivity index (χ0v) is 22.5. The molecule has 4 nitrogen and oxygen atoms in total. The van der Waals surface area contributed by atoms with E-state index in [9.17, 15) is 44.3 Å². The molecule has 1 amide bonds. The van der Waals surface area contributed by atoms with Crippen LogP contribution in [0.2, 0.25) is 0 Å². The fourth-order valence-corrected chi connectivity index (χ4v) is 4.90. The Morgan fingerprint density at radius 2 is 1.50 bits per heavy atom. The van der Waals surface area contributed by atoms with Crippen molar-refractivity contribution in [3.05, 3.63) is 87.7 Å². The van der Waals surface area contributed by atoms with E-state index in [1.807, 2.05) is 0 Å². The normalized spacial score (nSPS) is 20.4. The first-order valence-electron chi connectivity index (χ1n) is 15.6. The molecule has 0 spiro atoms. The van der Waals surface area contributed by atoms with E-state index >= 15 is 4.39 Å². The van der Waals surface area contributed by atoms with Crippen molar-refractivity contribution in [3.63, 3.8) is 0 Å². The molecule has 44 heavy (non-hydrogen) atoms. The van der Waals surface area contributed by atoms with Crippen LogP contribution in [0.15, 0.2) is 48.5 Å². The van der Waals surface area contributed by atoms with E-state index in [0.717, 1.165) is 18.2 Å². The monoisotopic (exact) mass is 643 g/mol. The highest BCUT2D eigenvalue weighted by atomic mass is 19.4. The van der Waals surface area contributed by atoms with Gasteiger partial charge in [-0.2, -0.15) is 39.5 Å². The van der Waals surface area contributed by atoms with Gasteiger partial charge in [0, 0.05) is 15.2 Å². The average molecular weight is 644 g/mol. The van der Waals surface area contributed by atoms with Crippen LogP contribution >= 0.6 is 0 Å². The van der Waals surface area contributed by atoms with Gasteiger partial charge < -0.3 is 9.47 Å².